The van der Waals surface area contributed by atoms with Gasteiger partial charge in [-0.05, 0) is 30.5 Å². The summed E-state index contributed by atoms with van der Waals surface area (Å²) in [6, 6.07) is 4.31. The lowest BCUT2D eigenvalue weighted by atomic mass is 9.92. The Balaban J connectivity index is 1.88. The van der Waals surface area contributed by atoms with Gasteiger partial charge in [0, 0.05) is 30.9 Å². The second kappa shape index (κ2) is 5.29. The molecule has 1 aromatic rings. The number of hydrogen-bond donors (Lipinski definition) is 1. The van der Waals surface area contributed by atoms with Gasteiger partial charge in [0.2, 0.25) is 5.91 Å². The Labute approximate surface area is 114 Å². The van der Waals surface area contributed by atoms with E-state index in [2.05, 4.69) is 9.88 Å². The Morgan fingerprint density at radius 2 is 1.84 bits per heavy atom. The van der Waals surface area contributed by atoms with Gasteiger partial charge in [0.15, 0.2) is 0 Å². The van der Waals surface area contributed by atoms with E-state index < -0.39 is 0 Å². The average molecular weight is 259 g/mol. The number of nitrogens with zero attached hydrogens (tertiary/aromatic N) is 2. The fourth-order valence-electron chi connectivity index (χ4n) is 3.54. The summed E-state index contributed by atoms with van der Waals surface area (Å²) in [6.07, 6.45) is 10.0. The van der Waals surface area contributed by atoms with Crippen LogP contribution in [-0.4, -0.2) is 27.9 Å². The van der Waals surface area contributed by atoms with Gasteiger partial charge in [0.05, 0.1) is 6.04 Å². The van der Waals surface area contributed by atoms with Crippen LogP contribution >= 0.6 is 0 Å². The second-order valence-corrected chi connectivity index (χ2v) is 5.69. The number of aromatic nitrogens is 1. The smallest absolute Gasteiger partial charge is 0.225 e. The van der Waals surface area contributed by atoms with Crippen molar-refractivity contribution in [1.82, 2.24) is 9.88 Å². The van der Waals surface area contributed by atoms with Crippen LogP contribution in [0.3, 0.4) is 0 Å². The number of nitrogens with two attached hydrogens (primary N) is 1. The molecular formula is C15H21N3O. The van der Waals surface area contributed by atoms with Crippen molar-refractivity contribution in [3.63, 3.8) is 0 Å². The van der Waals surface area contributed by atoms with Crippen molar-refractivity contribution >= 4 is 5.91 Å². The van der Waals surface area contributed by atoms with Gasteiger partial charge < -0.3 is 10.6 Å². The molecule has 0 aromatic carbocycles. The zero-order valence-electron chi connectivity index (χ0n) is 11.2. The number of pyridine rings is 1. The molecule has 2 aliphatic rings. The molecule has 4 heteroatoms. The van der Waals surface area contributed by atoms with Gasteiger partial charge in [-0.25, -0.2) is 0 Å². The largest absolute Gasteiger partial charge is 0.331 e. The molecule has 0 radical (unpaired) electrons. The van der Waals surface area contributed by atoms with Crippen LogP contribution in [0.5, 0.6) is 0 Å². The molecule has 1 saturated carbocycles. The molecule has 1 aliphatic carbocycles. The zero-order chi connectivity index (χ0) is 13.2. The average Bonchev–Trinajstić information content (AvgIpc) is 2.75. The van der Waals surface area contributed by atoms with Crippen LogP contribution in [0.2, 0.25) is 0 Å². The fourth-order valence-corrected chi connectivity index (χ4v) is 3.54. The predicted molar refractivity (Wildman–Crippen MR) is 73.3 cm³/mol. The first-order chi connectivity index (χ1) is 9.27. The molecule has 1 aromatic heterocycles. The molecule has 0 bridgehead atoms. The van der Waals surface area contributed by atoms with Gasteiger partial charge >= 0.3 is 0 Å². The van der Waals surface area contributed by atoms with Crippen LogP contribution in [0.15, 0.2) is 24.5 Å². The molecule has 0 spiro atoms. The molecule has 102 valence electrons. The Hall–Kier alpha value is -1.42. The third kappa shape index (κ3) is 2.37. The van der Waals surface area contributed by atoms with Gasteiger partial charge in [0.1, 0.15) is 0 Å². The van der Waals surface area contributed by atoms with Crippen LogP contribution in [-0.2, 0) is 4.79 Å². The van der Waals surface area contributed by atoms with Gasteiger partial charge in [-0.1, -0.05) is 19.3 Å². The van der Waals surface area contributed by atoms with E-state index in [0.717, 1.165) is 18.4 Å². The SMILES string of the molecule is NC1CC(=O)N(C2CCCCC2)C1c1ccncc1. The number of carbonyl (C=O) groups is 1. The third-order valence-corrected chi connectivity index (χ3v) is 4.42. The van der Waals surface area contributed by atoms with Crippen LogP contribution in [0.1, 0.15) is 50.1 Å². The summed E-state index contributed by atoms with van der Waals surface area (Å²) in [7, 11) is 0. The predicted octanol–water partition coefficient (Wildman–Crippen LogP) is 2.01. The summed E-state index contributed by atoms with van der Waals surface area (Å²) in [5, 5.41) is 0. The van der Waals surface area contributed by atoms with Crippen molar-refractivity contribution in [3.8, 4) is 0 Å². The van der Waals surface area contributed by atoms with Gasteiger partial charge in [-0.3, -0.25) is 9.78 Å². The molecule has 4 nitrogen and oxygen atoms in total. The lowest BCUT2D eigenvalue weighted by Crippen LogP contribution is -2.41. The Kier molecular flexibility index (Phi) is 3.51. The van der Waals surface area contributed by atoms with E-state index in [9.17, 15) is 4.79 Å². The van der Waals surface area contributed by atoms with Crippen LogP contribution in [0.4, 0.5) is 0 Å². The summed E-state index contributed by atoms with van der Waals surface area (Å²) in [6.45, 7) is 0. The third-order valence-electron chi connectivity index (χ3n) is 4.42. The number of likely N-dealkylation sites (tertiary alicyclic amines) is 1. The molecule has 2 atom stereocenters. The molecule has 3 rings (SSSR count). The Bertz CT molecular complexity index is 442. The van der Waals surface area contributed by atoms with Gasteiger partial charge in [-0.2, -0.15) is 0 Å². The highest BCUT2D eigenvalue weighted by atomic mass is 16.2. The summed E-state index contributed by atoms with van der Waals surface area (Å²) in [4.78, 5) is 18.4. The molecule has 2 N–H and O–H groups in total. The molecule has 1 aliphatic heterocycles. The minimum Gasteiger partial charge on any atom is -0.331 e. The van der Waals surface area contributed by atoms with Crippen molar-refractivity contribution in [2.24, 2.45) is 5.73 Å². The van der Waals surface area contributed by atoms with Crippen LogP contribution < -0.4 is 5.73 Å². The number of carbonyl (C=O) groups excluding carboxylic acids is 1. The summed E-state index contributed by atoms with van der Waals surface area (Å²) < 4.78 is 0. The Morgan fingerprint density at radius 1 is 1.16 bits per heavy atom. The molecule has 19 heavy (non-hydrogen) atoms. The van der Waals surface area contributed by atoms with Crippen molar-refractivity contribution in [1.29, 1.82) is 0 Å². The fraction of sp³-hybridized carbons (Fsp3) is 0.600. The van der Waals surface area contributed by atoms with Crippen molar-refractivity contribution in [2.75, 3.05) is 0 Å². The normalized spacial score (nSPS) is 28.9. The minimum atomic E-state index is -0.0863. The van der Waals surface area contributed by atoms with Crippen LogP contribution in [0.25, 0.3) is 0 Å². The highest BCUT2D eigenvalue weighted by molar-refractivity contribution is 5.80. The topological polar surface area (TPSA) is 59.2 Å². The zero-order valence-corrected chi connectivity index (χ0v) is 11.2. The maximum atomic E-state index is 12.3. The van der Waals surface area contributed by atoms with E-state index in [4.69, 9.17) is 5.73 Å². The maximum Gasteiger partial charge on any atom is 0.225 e. The Morgan fingerprint density at radius 3 is 2.53 bits per heavy atom. The molecule has 2 heterocycles. The quantitative estimate of drug-likeness (QED) is 0.884. The molecule has 2 unspecified atom stereocenters. The second-order valence-electron chi connectivity index (χ2n) is 5.69. The van der Waals surface area contributed by atoms with Crippen molar-refractivity contribution < 1.29 is 4.79 Å². The highest BCUT2D eigenvalue weighted by Gasteiger charge is 2.42. The molecule has 2 fully saturated rings. The number of rotatable bonds is 2. The lowest BCUT2D eigenvalue weighted by molar-refractivity contribution is -0.132. The van der Waals surface area contributed by atoms with Gasteiger partial charge in [-0.15, -0.1) is 0 Å². The van der Waals surface area contributed by atoms with E-state index in [-0.39, 0.29) is 18.0 Å². The first-order valence-electron chi connectivity index (χ1n) is 7.24. The highest BCUT2D eigenvalue weighted by Crippen LogP contribution is 2.37. The summed E-state index contributed by atoms with van der Waals surface area (Å²) in [5.41, 5.74) is 7.34. The van der Waals surface area contributed by atoms with E-state index in [1.165, 1.54) is 19.3 Å². The first kappa shape index (κ1) is 12.6. The summed E-state index contributed by atoms with van der Waals surface area (Å²) in [5.74, 6) is 0.223. The molecule has 1 saturated heterocycles. The minimum absolute atomic E-state index is 0.0404. The van der Waals surface area contributed by atoms with Gasteiger partial charge in [0.25, 0.3) is 0 Å². The van der Waals surface area contributed by atoms with Crippen molar-refractivity contribution in [3.05, 3.63) is 30.1 Å². The van der Waals surface area contributed by atoms with E-state index >= 15 is 0 Å². The molecular weight excluding hydrogens is 238 g/mol. The van der Waals surface area contributed by atoms with Crippen LogP contribution in [0, 0.1) is 0 Å². The number of amides is 1. The molecule has 1 amide bonds. The summed E-state index contributed by atoms with van der Waals surface area (Å²) >= 11 is 0. The monoisotopic (exact) mass is 259 g/mol. The number of hydrogen-bond acceptors (Lipinski definition) is 3. The van der Waals surface area contributed by atoms with Crippen molar-refractivity contribution in [2.45, 2.75) is 56.7 Å². The lowest BCUT2D eigenvalue weighted by Gasteiger charge is -2.36. The van der Waals surface area contributed by atoms with E-state index in [1.807, 2.05) is 12.1 Å². The van der Waals surface area contributed by atoms with E-state index in [0.29, 0.717) is 12.5 Å². The standard InChI is InChI=1S/C15H21N3O/c16-13-10-14(19)18(12-4-2-1-3-5-12)15(13)11-6-8-17-9-7-11/h6-9,12-13,15H,1-5,10,16H2. The first-order valence-corrected chi connectivity index (χ1v) is 7.24. The van der Waals surface area contributed by atoms with E-state index in [1.54, 1.807) is 12.4 Å². The maximum absolute atomic E-state index is 12.3.